The third-order valence-electron chi connectivity index (χ3n) is 6.31. The Kier molecular flexibility index (Phi) is 4.20. The monoisotopic (exact) mass is 300 g/mol. The Morgan fingerprint density at radius 3 is 2.43 bits per heavy atom. The molecule has 2 rings (SSSR count). The molecule has 3 unspecified atom stereocenters. The van der Waals surface area contributed by atoms with Crippen LogP contribution in [0.5, 0.6) is 0 Å². The molecule has 2 aliphatic rings. The van der Waals surface area contributed by atoms with Crippen LogP contribution in [0.25, 0.3) is 0 Å². The van der Waals surface area contributed by atoms with E-state index in [4.69, 9.17) is 4.74 Å². The molecule has 2 saturated carbocycles. The molecule has 120 valence electrons. The van der Waals surface area contributed by atoms with E-state index in [1.807, 2.05) is 0 Å². The fourth-order valence-electron chi connectivity index (χ4n) is 4.64. The smallest absolute Gasteiger partial charge is 0.312 e. The number of methoxy groups -OCH3 is 1. The van der Waals surface area contributed by atoms with Gasteiger partial charge in [-0.2, -0.15) is 0 Å². The van der Waals surface area contributed by atoms with E-state index in [9.17, 15) is 13.6 Å². The van der Waals surface area contributed by atoms with Crippen molar-refractivity contribution in [2.45, 2.75) is 52.9 Å². The van der Waals surface area contributed by atoms with Gasteiger partial charge in [0, 0.05) is 0 Å². The van der Waals surface area contributed by atoms with Crippen molar-refractivity contribution in [3.8, 4) is 0 Å². The predicted octanol–water partition coefficient (Wildman–Crippen LogP) is 4.45. The van der Waals surface area contributed by atoms with E-state index in [1.54, 1.807) is 0 Å². The lowest BCUT2D eigenvalue weighted by Crippen LogP contribution is -2.49. The van der Waals surface area contributed by atoms with Gasteiger partial charge < -0.3 is 4.74 Å². The molecule has 0 radical (unpaired) electrons. The molecule has 4 atom stereocenters. The van der Waals surface area contributed by atoms with Gasteiger partial charge in [0.2, 0.25) is 0 Å². The van der Waals surface area contributed by atoms with Crippen molar-refractivity contribution < 1.29 is 18.3 Å². The normalized spacial score (nSPS) is 38.1. The summed E-state index contributed by atoms with van der Waals surface area (Å²) >= 11 is 0. The summed E-state index contributed by atoms with van der Waals surface area (Å²) in [5.41, 5.74) is -0.547. The Balaban J connectivity index is 2.43. The molecule has 0 N–H and O–H groups in total. The Morgan fingerprint density at radius 1 is 1.29 bits per heavy atom. The Morgan fingerprint density at radius 2 is 1.90 bits per heavy atom. The quantitative estimate of drug-likeness (QED) is 0.568. The first-order chi connectivity index (χ1) is 9.67. The molecule has 2 nitrogen and oxygen atoms in total. The van der Waals surface area contributed by atoms with Crippen LogP contribution in [-0.4, -0.2) is 19.5 Å². The van der Waals surface area contributed by atoms with E-state index in [0.29, 0.717) is 12.8 Å². The zero-order valence-corrected chi connectivity index (χ0v) is 13.4. The molecule has 0 bridgehead atoms. The lowest BCUT2D eigenvalue weighted by molar-refractivity contribution is -0.164. The first kappa shape index (κ1) is 16.4. The zero-order chi connectivity index (χ0) is 16.0. The molecule has 2 fully saturated rings. The number of halogens is 2. The molecule has 0 aromatic heterocycles. The molecular formula is C17H26F2O2. The number of rotatable bonds is 3. The maximum absolute atomic E-state index is 13.2. The Hall–Kier alpha value is -0.930. The fraction of sp³-hybridized carbons (Fsp3) is 0.824. The minimum atomic E-state index is -2.51. The molecule has 0 spiro atoms. The highest BCUT2D eigenvalue weighted by Crippen LogP contribution is 2.63. The van der Waals surface area contributed by atoms with E-state index in [2.05, 4.69) is 27.4 Å². The van der Waals surface area contributed by atoms with Gasteiger partial charge in [-0.25, -0.2) is 8.78 Å². The van der Waals surface area contributed by atoms with Gasteiger partial charge in [0.1, 0.15) is 0 Å². The maximum Gasteiger partial charge on any atom is 0.312 e. The van der Waals surface area contributed by atoms with Crippen LogP contribution in [0.2, 0.25) is 0 Å². The second-order valence-corrected chi connectivity index (χ2v) is 7.47. The second-order valence-electron chi connectivity index (χ2n) is 7.47. The van der Waals surface area contributed by atoms with Crippen molar-refractivity contribution >= 4 is 5.97 Å². The number of fused-ring (bicyclic) bond motifs is 1. The van der Waals surface area contributed by atoms with Gasteiger partial charge in [0.05, 0.1) is 12.5 Å². The van der Waals surface area contributed by atoms with E-state index in [0.717, 1.165) is 12.8 Å². The number of hydrogen-bond donors (Lipinski definition) is 0. The van der Waals surface area contributed by atoms with Crippen molar-refractivity contribution in [2.75, 3.05) is 7.11 Å². The maximum atomic E-state index is 13.2. The minimum Gasteiger partial charge on any atom is -0.469 e. The van der Waals surface area contributed by atoms with Gasteiger partial charge in [-0.1, -0.05) is 27.4 Å². The molecule has 2 aliphatic carbocycles. The highest BCUT2D eigenvalue weighted by Gasteiger charge is 2.61. The number of alkyl halides is 2. The lowest BCUT2D eigenvalue weighted by atomic mass is 9.53. The van der Waals surface area contributed by atoms with Gasteiger partial charge in [0.25, 0.3) is 6.43 Å². The summed E-state index contributed by atoms with van der Waals surface area (Å²) in [6.45, 7) is 10.1. The van der Waals surface area contributed by atoms with Crippen molar-refractivity contribution in [2.24, 2.45) is 28.6 Å². The van der Waals surface area contributed by atoms with Crippen LogP contribution >= 0.6 is 0 Å². The van der Waals surface area contributed by atoms with Gasteiger partial charge in [-0.15, -0.1) is 0 Å². The summed E-state index contributed by atoms with van der Waals surface area (Å²) in [5, 5.41) is 0. The number of allylic oxidation sites excluding steroid dienone is 1. The molecule has 0 saturated heterocycles. The molecule has 0 amide bonds. The fourth-order valence-corrected chi connectivity index (χ4v) is 4.64. The number of hydrogen-bond acceptors (Lipinski definition) is 2. The average Bonchev–Trinajstić information content (AvgIpc) is 2.82. The van der Waals surface area contributed by atoms with Crippen LogP contribution in [-0.2, 0) is 9.53 Å². The zero-order valence-electron chi connectivity index (χ0n) is 13.4. The van der Waals surface area contributed by atoms with Crippen molar-refractivity contribution in [1.29, 1.82) is 0 Å². The third-order valence-corrected chi connectivity index (χ3v) is 6.31. The molecule has 0 aromatic rings. The summed E-state index contributed by atoms with van der Waals surface area (Å²) < 4.78 is 31.3. The third kappa shape index (κ3) is 2.40. The summed E-state index contributed by atoms with van der Waals surface area (Å²) in [5.74, 6) is -0.401. The predicted molar refractivity (Wildman–Crippen MR) is 78.0 cm³/mol. The van der Waals surface area contributed by atoms with Crippen LogP contribution in [0, 0.1) is 28.6 Å². The summed E-state index contributed by atoms with van der Waals surface area (Å²) in [6.07, 6.45) is 0.396. The molecule has 4 heteroatoms. The lowest BCUT2D eigenvalue weighted by Gasteiger charge is -2.51. The van der Waals surface area contributed by atoms with Crippen molar-refractivity contribution in [1.82, 2.24) is 0 Å². The van der Waals surface area contributed by atoms with Crippen LogP contribution < -0.4 is 0 Å². The first-order valence-electron chi connectivity index (χ1n) is 7.72. The van der Waals surface area contributed by atoms with Gasteiger partial charge in [-0.05, 0) is 54.4 Å². The minimum absolute atomic E-state index is 0.00433. The SMILES string of the molecule is C=C(C(F)F)[C@@H]1CCC2(C(=O)OC)CCC(C)(C)C(C)C12. The van der Waals surface area contributed by atoms with Crippen LogP contribution in [0.15, 0.2) is 12.2 Å². The Bertz CT molecular complexity index is 444. The van der Waals surface area contributed by atoms with Crippen LogP contribution in [0.1, 0.15) is 46.5 Å². The van der Waals surface area contributed by atoms with Gasteiger partial charge in [0.15, 0.2) is 0 Å². The molecule has 0 heterocycles. The van der Waals surface area contributed by atoms with Gasteiger partial charge in [-0.3, -0.25) is 4.79 Å². The van der Waals surface area contributed by atoms with E-state index in [1.165, 1.54) is 7.11 Å². The van der Waals surface area contributed by atoms with Crippen molar-refractivity contribution in [3.63, 3.8) is 0 Å². The molecule has 0 aromatic carbocycles. The standard InChI is InChI=1S/C17H26F2O2/c1-10(14(18)19)12-6-7-17(15(20)21-5)9-8-16(3,4)11(2)13(12)17/h11-14H,1,6-9H2,2-5H3/t11?,12-,13?,17?/m0/s1. The number of esters is 1. The summed E-state index contributed by atoms with van der Waals surface area (Å²) in [6, 6.07) is 0. The average molecular weight is 300 g/mol. The van der Waals surface area contributed by atoms with E-state index < -0.39 is 11.8 Å². The summed E-state index contributed by atoms with van der Waals surface area (Å²) in [7, 11) is 1.40. The van der Waals surface area contributed by atoms with Crippen LogP contribution in [0.3, 0.4) is 0 Å². The molecule has 0 aliphatic heterocycles. The van der Waals surface area contributed by atoms with Gasteiger partial charge >= 0.3 is 5.97 Å². The first-order valence-corrected chi connectivity index (χ1v) is 7.72. The molecular weight excluding hydrogens is 274 g/mol. The highest BCUT2D eigenvalue weighted by molar-refractivity contribution is 5.78. The van der Waals surface area contributed by atoms with E-state index in [-0.39, 0.29) is 34.7 Å². The largest absolute Gasteiger partial charge is 0.469 e. The van der Waals surface area contributed by atoms with E-state index >= 15 is 0 Å². The summed E-state index contributed by atoms with van der Waals surface area (Å²) in [4.78, 5) is 12.4. The number of carbonyl (C=O) groups excluding carboxylic acids is 1. The highest BCUT2D eigenvalue weighted by atomic mass is 19.3. The number of ether oxygens (including phenoxy) is 1. The Labute approximate surface area is 125 Å². The van der Waals surface area contributed by atoms with Crippen molar-refractivity contribution in [3.05, 3.63) is 12.2 Å². The number of carbonyl (C=O) groups is 1. The topological polar surface area (TPSA) is 26.3 Å². The molecule has 21 heavy (non-hydrogen) atoms. The van der Waals surface area contributed by atoms with Crippen LogP contribution in [0.4, 0.5) is 8.78 Å². The second kappa shape index (κ2) is 5.36.